The number of halogens is 2. The van der Waals surface area contributed by atoms with Crippen LogP contribution in [0.2, 0.25) is 0 Å². The van der Waals surface area contributed by atoms with E-state index in [1.165, 1.54) is 5.56 Å². The van der Waals surface area contributed by atoms with Crippen molar-refractivity contribution < 1.29 is 13.2 Å². The first-order chi connectivity index (χ1) is 9.24. The standard InChI is InChI=1S/C14H15F2NOS/c15-14(16)19-10-13-7-6-12(18-13)9-17-8-11-4-2-1-3-5-11/h1-7,14,17H,8-10H2. The van der Waals surface area contributed by atoms with E-state index in [0.29, 0.717) is 24.1 Å². The average molecular weight is 283 g/mol. The lowest BCUT2D eigenvalue weighted by Crippen LogP contribution is -2.11. The molecule has 102 valence electrons. The van der Waals surface area contributed by atoms with Gasteiger partial charge in [0.05, 0.1) is 12.3 Å². The lowest BCUT2D eigenvalue weighted by atomic mass is 10.2. The van der Waals surface area contributed by atoms with E-state index >= 15 is 0 Å². The van der Waals surface area contributed by atoms with Crippen LogP contribution in [0.25, 0.3) is 0 Å². The lowest BCUT2D eigenvalue weighted by Gasteiger charge is -2.02. The molecule has 0 fully saturated rings. The normalized spacial score (nSPS) is 11.1. The topological polar surface area (TPSA) is 25.2 Å². The first-order valence-electron chi connectivity index (χ1n) is 5.96. The Labute approximate surface area is 115 Å². The van der Waals surface area contributed by atoms with Gasteiger partial charge in [0.1, 0.15) is 11.5 Å². The highest BCUT2D eigenvalue weighted by molar-refractivity contribution is 7.98. The summed E-state index contributed by atoms with van der Waals surface area (Å²) < 4.78 is 29.5. The molecular formula is C14H15F2NOS. The summed E-state index contributed by atoms with van der Waals surface area (Å²) in [7, 11) is 0. The molecular weight excluding hydrogens is 268 g/mol. The van der Waals surface area contributed by atoms with Crippen molar-refractivity contribution in [1.82, 2.24) is 5.32 Å². The maximum Gasteiger partial charge on any atom is 0.284 e. The molecule has 1 aromatic carbocycles. The number of benzene rings is 1. The van der Waals surface area contributed by atoms with Crippen LogP contribution in [0.4, 0.5) is 8.78 Å². The minimum Gasteiger partial charge on any atom is -0.464 e. The van der Waals surface area contributed by atoms with Crippen molar-refractivity contribution in [3.8, 4) is 0 Å². The van der Waals surface area contributed by atoms with E-state index in [9.17, 15) is 8.78 Å². The molecule has 5 heteroatoms. The highest BCUT2D eigenvalue weighted by Gasteiger charge is 2.07. The van der Waals surface area contributed by atoms with Crippen LogP contribution in [0.1, 0.15) is 17.1 Å². The number of furan rings is 1. The molecule has 0 aliphatic carbocycles. The van der Waals surface area contributed by atoms with Gasteiger partial charge in [0.2, 0.25) is 0 Å². The van der Waals surface area contributed by atoms with E-state index in [2.05, 4.69) is 5.32 Å². The van der Waals surface area contributed by atoms with Crippen LogP contribution >= 0.6 is 11.8 Å². The van der Waals surface area contributed by atoms with Gasteiger partial charge in [-0.2, -0.15) is 8.78 Å². The SMILES string of the molecule is FC(F)SCc1ccc(CNCc2ccccc2)o1. The molecule has 0 atom stereocenters. The number of alkyl halides is 2. The van der Waals surface area contributed by atoms with Crippen molar-refractivity contribution in [3.05, 3.63) is 59.5 Å². The van der Waals surface area contributed by atoms with Crippen LogP contribution in [0.3, 0.4) is 0 Å². The first kappa shape index (κ1) is 14.1. The quantitative estimate of drug-likeness (QED) is 0.830. The van der Waals surface area contributed by atoms with Crippen molar-refractivity contribution in [2.75, 3.05) is 0 Å². The fraction of sp³-hybridized carbons (Fsp3) is 0.286. The van der Waals surface area contributed by atoms with E-state index in [1.807, 2.05) is 36.4 Å². The number of nitrogens with one attached hydrogen (secondary N) is 1. The zero-order chi connectivity index (χ0) is 13.5. The monoisotopic (exact) mass is 283 g/mol. The molecule has 19 heavy (non-hydrogen) atoms. The van der Waals surface area contributed by atoms with Crippen molar-refractivity contribution in [1.29, 1.82) is 0 Å². The average Bonchev–Trinajstić information content (AvgIpc) is 2.86. The van der Waals surface area contributed by atoms with Gasteiger partial charge in [0.25, 0.3) is 5.76 Å². The van der Waals surface area contributed by atoms with Crippen molar-refractivity contribution in [3.63, 3.8) is 0 Å². The van der Waals surface area contributed by atoms with Crippen LogP contribution in [-0.4, -0.2) is 5.76 Å². The number of hydrogen-bond acceptors (Lipinski definition) is 3. The van der Waals surface area contributed by atoms with Crippen LogP contribution < -0.4 is 5.32 Å². The fourth-order valence-corrected chi connectivity index (χ4v) is 2.11. The second kappa shape index (κ2) is 7.31. The molecule has 0 radical (unpaired) electrons. The predicted molar refractivity (Wildman–Crippen MR) is 73.0 cm³/mol. The molecule has 1 N–H and O–H groups in total. The van der Waals surface area contributed by atoms with E-state index in [0.717, 1.165) is 12.3 Å². The minimum absolute atomic E-state index is 0.205. The van der Waals surface area contributed by atoms with E-state index in [4.69, 9.17) is 4.42 Å². The van der Waals surface area contributed by atoms with Crippen molar-refractivity contribution in [2.24, 2.45) is 0 Å². The van der Waals surface area contributed by atoms with Gasteiger partial charge in [0, 0.05) is 6.54 Å². The Kier molecular flexibility index (Phi) is 5.42. The maximum absolute atomic E-state index is 12.0. The van der Waals surface area contributed by atoms with Gasteiger partial charge in [-0.1, -0.05) is 42.1 Å². The fourth-order valence-electron chi connectivity index (χ4n) is 1.67. The smallest absolute Gasteiger partial charge is 0.284 e. The van der Waals surface area contributed by atoms with Crippen LogP contribution in [0.15, 0.2) is 46.9 Å². The molecule has 0 saturated heterocycles. The van der Waals surface area contributed by atoms with Gasteiger partial charge in [-0.15, -0.1) is 0 Å². The number of thioether (sulfide) groups is 1. The molecule has 0 bridgehead atoms. The lowest BCUT2D eigenvalue weighted by molar-refractivity contribution is 0.251. The first-order valence-corrected chi connectivity index (χ1v) is 7.01. The summed E-state index contributed by atoms with van der Waals surface area (Å²) in [5.74, 6) is -0.802. The summed E-state index contributed by atoms with van der Waals surface area (Å²) in [4.78, 5) is 0. The molecule has 0 aliphatic heterocycles. The summed E-state index contributed by atoms with van der Waals surface area (Å²) in [6.07, 6.45) is 0. The molecule has 0 saturated carbocycles. The third kappa shape index (κ3) is 5.04. The number of rotatable bonds is 7. The Morgan fingerprint density at radius 1 is 1.00 bits per heavy atom. The highest BCUT2D eigenvalue weighted by atomic mass is 32.2. The van der Waals surface area contributed by atoms with E-state index in [1.54, 1.807) is 6.07 Å². The summed E-state index contributed by atoms with van der Waals surface area (Å²) >= 11 is 0.571. The van der Waals surface area contributed by atoms with Crippen molar-refractivity contribution >= 4 is 11.8 Å². The Morgan fingerprint density at radius 2 is 1.74 bits per heavy atom. The number of hydrogen-bond donors (Lipinski definition) is 1. The Hall–Kier alpha value is -1.33. The van der Waals surface area contributed by atoms with E-state index in [-0.39, 0.29) is 5.75 Å². The minimum atomic E-state index is -2.36. The molecule has 0 amide bonds. The highest BCUT2D eigenvalue weighted by Crippen LogP contribution is 2.21. The Morgan fingerprint density at radius 3 is 2.47 bits per heavy atom. The van der Waals surface area contributed by atoms with Gasteiger partial charge in [-0.05, 0) is 17.7 Å². The predicted octanol–water partition coefficient (Wildman–Crippen LogP) is 4.03. The van der Waals surface area contributed by atoms with Gasteiger partial charge >= 0.3 is 0 Å². The van der Waals surface area contributed by atoms with Gasteiger partial charge in [0.15, 0.2) is 0 Å². The third-order valence-electron chi connectivity index (χ3n) is 2.54. The summed E-state index contributed by atoms with van der Waals surface area (Å²) in [6.45, 7) is 1.34. The molecule has 0 aliphatic rings. The summed E-state index contributed by atoms with van der Waals surface area (Å²) in [6, 6.07) is 13.6. The van der Waals surface area contributed by atoms with Gasteiger partial charge in [-0.25, -0.2) is 0 Å². The molecule has 1 heterocycles. The van der Waals surface area contributed by atoms with Crippen LogP contribution in [0.5, 0.6) is 0 Å². The largest absolute Gasteiger partial charge is 0.464 e. The second-order valence-corrected chi connectivity index (χ2v) is 5.01. The Bertz CT molecular complexity index is 487. The molecule has 0 spiro atoms. The van der Waals surface area contributed by atoms with Gasteiger partial charge in [-0.3, -0.25) is 0 Å². The third-order valence-corrected chi connectivity index (χ3v) is 3.24. The Balaban J connectivity index is 1.74. The van der Waals surface area contributed by atoms with E-state index < -0.39 is 5.76 Å². The summed E-state index contributed by atoms with van der Waals surface area (Å²) in [5.41, 5.74) is 1.20. The molecule has 2 nitrogen and oxygen atoms in total. The molecule has 0 unspecified atom stereocenters. The zero-order valence-electron chi connectivity index (χ0n) is 10.3. The van der Waals surface area contributed by atoms with Crippen LogP contribution in [-0.2, 0) is 18.8 Å². The molecule has 2 aromatic rings. The molecule has 1 aromatic heterocycles. The zero-order valence-corrected chi connectivity index (χ0v) is 11.1. The molecule has 2 rings (SSSR count). The van der Waals surface area contributed by atoms with Crippen LogP contribution in [0, 0.1) is 0 Å². The van der Waals surface area contributed by atoms with Crippen molar-refractivity contribution in [2.45, 2.75) is 24.6 Å². The summed E-state index contributed by atoms with van der Waals surface area (Å²) in [5, 5.41) is 3.25. The second-order valence-electron chi connectivity index (χ2n) is 4.03. The van der Waals surface area contributed by atoms with Gasteiger partial charge < -0.3 is 9.73 Å². The maximum atomic E-state index is 12.0.